The Hall–Kier alpha value is -0.840. The van der Waals surface area contributed by atoms with Crippen molar-refractivity contribution in [3.05, 3.63) is 12.2 Å². The molecule has 0 aromatic heterocycles. The van der Waals surface area contributed by atoms with Crippen molar-refractivity contribution in [3.8, 4) is 0 Å². The predicted octanol–water partition coefficient (Wildman–Crippen LogP) is 0.759. The van der Waals surface area contributed by atoms with E-state index in [1.165, 1.54) is 0 Å². The zero-order valence-electron chi connectivity index (χ0n) is 9.17. The molecule has 4 nitrogen and oxygen atoms in total. The van der Waals surface area contributed by atoms with Gasteiger partial charge in [-0.05, 0) is 18.3 Å². The van der Waals surface area contributed by atoms with E-state index in [9.17, 15) is 13.2 Å². The van der Waals surface area contributed by atoms with E-state index in [1.54, 1.807) is 6.92 Å². The Balaban J connectivity index is 1.99. The Morgan fingerprint density at radius 3 is 2.69 bits per heavy atom. The Labute approximate surface area is 95.4 Å². The third kappa shape index (κ3) is 1.09. The van der Waals surface area contributed by atoms with Gasteiger partial charge in [-0.25, -0.2) is 12.7 Å². The van der Waals surface area contributed by atoms with Gasteiger partial charge in [-0.1, -0.05) is 19.1 Å². The van der Waals surface area contributed by atoms with Crippen LogP contribution in [0.5, 0.6) is 0 Å². The van der Waals surface area contributed by atoms with Crippen molar-refractivity contribution in [2.45, 2.75) is 25.0 Å². The van der Waals surface area contributed by atoms with Gasteiger partial charge in [-0.15, -0.1) is 0 Å². The number of nitrogens with zero attached hydrogens (tertiary/aromatic N) is 1. The van der Waals surface area contributed by atoms with Crippen LogP contribution in [0.2, 0.25) is 0 Å². The van der Waals surface area contributed by atoms with Crippen LogP contribution in [0.4, 0.5) is 0 Å². The van der Waals surface area contributed by atoms with Crippen LogP contribution < -0.4 is 0 Å². The maximum atomic E-state index is 12.2. The van der Waals surface area contributed by atoms with E-state index in [0.29, 0.717) is 12.5 Å². The van der Waals surface area contributed by atoms with Crippen molar-refractivity contribution in [2.75, 3.05) is 6.54 Å². The normalized spacial score (nSPS) is 42.7. The third-order valence-electron chi connectivity index (χ3n) is 4.15. The number of sulfonamides is 1. The first-order valence-corrected chi connectivity index (χ1v) is 7.28. The molecule has 0 N–H and O–H groups in total. The summed E-state index contributed by atoms with van der Waals surface area (Å²) in [7, 11) is -3.37. The second-order valence-corrected chi connectivity index (χ2v) is 6.92. The first-order valence-electron chi connectivity index (χ1n) is 5.78. The van der Waals surface area contributed by atoms with Gasteiger partial charge >= 0.3 is 0 Å². The number of rotatable bonds is 1. The number of fused-ring (bicyclic) bond motifs is 5. The summed E-state index contributed by atoms with van der Waals surface area (Å²) in [4.78, 5) is 11.6. The molecule has 1 saturated heterocycles. The third-order valence-corrected chi connectivity index (χ3v) is 6.51. The summed E-state index contributed by atoms with van der Waals surface area (Å²) in [5, 5.41) is -0.321. The van der Waals surface area contributed by atoms with Crippen LogP contribution in [0.25, 0.3) is 0 Å². The average molecular weight is 241 g/mol. The fraction of sp³-hybridized carbons (Fsp3) is 0.727. The molecular formula is C11H15NO3S. The maximum Gasteiger partial charge on any atom is 0.241 e. The lowest BCUT2D eigenvalue weighted by atomic mass is 9.93. The zero-order valence-corrected chi connectivity index (χ0v) is 9.98. The molecule has 1 saturated carbocycles. The molecule has 0 radical (unpaired) electrons. The molecule has 2 bridgehead atoms. The highest BCUT2D eigenvalue weighted by Gasteiger charge is 2.58. The van der Waals surface area contributed by atoms with Gasteiger partial charge in [0.1, 0.15) is 0 Å². The number of allylic oxidation sites excluding steroid dienone is 2. The summed E-state index contributed by atoms with van der Waals surface area (Å²) >= 11 is 0. The molecule has 1 heterocycles. The molecule has 2 aliphatic carbocycles. The maximum absolute atomic E-state index is 12.2. The van der Waals surface area contributed by atoms with Gasteiger partial charge in [-0.2, -0.15) is 0 Å². The van der Waals surface area contributed by atoms with Gasteiger partial charge < -0.3 is 0 Å². The van der Waals surface area contributed by atoms with E-state index in [4.69, 9.17) is 0 Å². The quantitative estimate of drug-likeness (QED) is 0.637. The highest BCUT2D eigenvalue weighted by molar-refractivity contribution is 7.90. The molecule has 1 aliphatic heterocycles. The molecular weight excluding hydrogens is 226 g/mol. The van der Waals surface area contributed by atoms with Crippen molar-refractivity contribution in [3.63, 3.8) is 0 Å². The largest absolute Gasteiger partial charge is 0.274 e. The number of hydrogen-bond acceptors (Lipinski definition) is 3. The summed E-state index contributed by atoms with van der Waals surface area (Å²) in [6.07, 6.45) is 5.37. The molecule has 5 heteroatoms. The molecule has 3 aliphatic rings. The number of hydrogen-bond donors (Lipinski definition) is 0. The summed E-state index contributed by atoms with van der Waals surface area (Å²) in [6, 6.07) is 0. The number of carbonyl (C=O) groups excluding carboxylic acids is 1. The lowest BCUT2D eigenvalue weighted by Gasteiger charge is -2.18. The average Bonchev–Trinajstić information content (AvgIpc) is 2.89. The van der Waals surface area contributed by atoms with Crippen LogP contribution in [-0.4, -0.2) is 30.4 Å². The van der Waals surface area contributed by atoms with E-state index >= 15 is 0 Å². The minimum Gasteiger partial charge on any atom is -0.274 e. The highest BCUT2D eigenvalue weighted by atomic mass is 32.2. The van der Waals surface area contributed by atoms with Crippen molar-refractivity contribution in [1.82, 2.24) is 4.31 Å². The number of carbonyl (C=O) groups is 1. The Bertz CT molecular complexity index is 468. The second-order valence-electron chi connectivity index (χ2n) is 4.90. The summed E-state index contributed by atoms with van der Waals surface area (Å²) in [5.74, 6) is 0.415. The van der Waals surface area contributed by atoms with E-state index < -0.39 is 10.0 Å². The standard InChI is InChI=1S/C11H15NO3S/c1-2-10(13)12-6-9-7-3-4-8(5-7)11(9)16(12,14)15/h3-4,7-9,11H,2,5-6H2,1H3/t7-,8+,9-,11+/m1/s1. The van der Waals surface area contributed by atoms with Crippen LogP contribution in [0.1, 0.15) is 19.8 Å². The molecule has 0 spiro atoms. The van der Waals surface area contributed by atoms with Crippen LogP contribution >= 0.6 is 0 Å². The molecule has 0 aromatic rings. The smallest absolute Gasteiger partial charge is 0.241 e. The molecule has 4 atom stereocenters. The zero-order chi connectivity index (χ0) is 11.5. The monoisotopic (exact) mass is 241 g/mol. The Kier molecular flexibility index (Phi) is 2.00. The van der Waals surface area contributed by atoms with Gasteiger partial charge in [0.25, 0.3) is 0 Å². The SMILES string of the molecule is CCC(=O)N1C[C@H]2[C@H]([C@H]3C=C[C@@H]2C3)S1(=O)=O. The van der Waals surface area contributed by atoms with Crippen LogP contribution in [-0.2, 0) is 14.8 Å². The topological polar surface area (TPSA) is 54.5 Å². The molecule has 88 valence electrons. The second kappa shape index (κ2) is 3.09. The van der Waals surface area contributed by atoms with E-state index in [-0.39, 0.29) is 29.4 Å². The van der Waals surface area contributed by atoms with Gasteiger partial charge in [0.15, 0.2) is 0 Å². The van der Waals surface area contributed by atoms with E-state index in [0.717, 1.165) is 10.7 Å². The summed E-state index contributed by atoms with van der Waals surface area (Å²) < 4.78 is 25.6. The van der Waals surface area contributed by atoms with E-state index in [2.05, 4.69) is 6.08 Å². The molecule has 1 amide bonds. The fourth-order valence-corrected chi connectivity index (χ4v) is 5.88. The molecule has 16 heavy (non-hydrogen) atoms. The first kappa shape index (κ1) is 10.3. The summed E-state index contributed by atoms with van der Waals surface area (Å²) in [6.45, 7) is 2.12. The predicted molar refractivity (Wildman–Crippen MR) is 58.9 cm³/mol. The Morgan fingerprint density at radius 2 is 2.06 bits per heavy atom. The lowest BCUT2D eigenvalue weighted by Crippen LogP contribution is -2.36. The van der Waals surface area contributed by atoms with Crippen LogP contribution in [0.15, 0.2) is 12.2 Å². The van der Waals surface area contributed by atoms with Crippen molar-refractivity contribution in [1.29, 1.82) is 0 Å². The minimum absolute atomic E-state index is 0.148. The van der Waals surface area contributed by atoms with Crippen LogP contribution in [0.3, 0.4) is 0 Å². The van der Waals surface area contributed by atoms with Crippen molar-refractivity contribution >= 4 is 15.9 Å². The van der Waals surface area contributed by atoms with Gasteiger partial charge in [0.05, 0.1) is 5.25 Å². The van der Waals surface area contributed by atoms with Gasteiger partial charge in [0.2, 0.25) is 15.9 Å². The highest BCUT2D eigenvalue weighted by Crippen LogP contribution is 2.51. The van der Waals surface area contributed by atoms with Crippen molar-refractivity contribution in [2.24, 2.45) is 17.8 Å². The number of amides is 1. The van der Waals surface area contributed by atoms with Crippen LogP contribution in [0, 0.1) is 17.8 Å². The van der Waals surface area contributed by atoms with E-state index in [1.807, 2.05) is 6.08 Å². The minimum atomic E-state index is -3.37. The van der Waals surface area contributed by atoms with Gasteiger partial charge in [-0.3, -0.25) is 4.79 Å². The molecule has 0 unspecified atom stereocenters. The first-order chi connectivity index (χ1) is 7.55. The lowest BCUT2D eigenvalue weighted by molar-refractivity contribution is -0.126. The van der Waals surface area contributed by atoms with Gasteiger partial charge in [0, 0.05) is 18.9 Å². The molecule has 0 aromatic carbocycles. The Morgan fingerprint density at radius 1 is 1.38 bits per heavy atom. The summed E-state index contributed by atoms with van der Waals surface area (Å²) in [5.41, 5.74) is 0. The molecule has 2 fully saturated rings. The molecule has 3 rings (SSSR count). The van der Waals surface area contributed by atoms with Crippen molar-refractivity contribution < 1.29 is 13.2 Å². The fourth-order valence-electron chi connectivity index (χ4n) is 3.42.